The SMILES string of the molecule is O=C1c2ccccc2C(=O)N1c1ccc(S(=O)(=O)c2ccccc2)c([N+](=O)[O-])c1. The Balaban J connectivity index is 1.84. The van der Waals surface area contributed by atoms with Gasteiger partial charge in [0.25, 0.3) is 17.5 Å². The highest BCUT2D eigenvalue weighted by Gasteiger charge is 2.38. The maximum atomic E-state index is 12.8. The molecule has 0 aliphatic carbocycles. The number of anilines is 1. The summed E-state index contributed by atoms with van der Waals surface area (Å²) in [5.74, 6) is -1.25. The molecule has 8 nitrogen and oxygen atoms in total. The Hall–Kier alpha value is -3.85. The normalized spacial score (nSPS) is 13.4. The molecule has 9 heteroatoms. The molecule has 3 aromatic carbocycles. The molecule has 1 aliphatic rings. The topological polar surface area (TPSA) is 115 Å². The number of nitro benzene ring substituents is 1. The molecule has 3 aromatic rings. The number of hydrogen-bond acceptors (Lipinski definition) is 6. The van der Waals surface area contributed by atoms with E-state index >= 15 is 0 Å². The third-order valence-electron chi connectivity index (χ3n) is 4.53. The van der Waals surface area contributed by atoms with Gasteiger partial charge in [-0.1, -0.05) is 30.3 Å². The molecular formula is C20H12N2O6S. The number of imide groups is 1. The number of carbonyl (C=O) groups excluding carboxylic acids is 2. The molecule has 2 amide bonds. The van der Waals surface area contributed by atoms with E-state index < -0.39 is 37.2 Å². The third kappa shape index (κ3) is 2.88. The summed E-state index contributed by atoms with van der Waals surface area (Å²) in [4.78, 5) is 36.2. The fourth-order valence-corrected chi connectivity index (χ4v) is 4.59. The van der Waals surface area contributed by atoms with Gasteiger partial charge in [-0.2, -0.15) is 0 Å². The first-order chi connectivity index (χ1) is 13.8. The number of fused-ring (bicyclic) bond motifs is 1. The van der Waals surface area contributed by atoms with Crippen LogP contribution in [-0.2, 0) is 9.84 Å². The zero-order valence-corrected chi connectivity index (χ0v) is 15.5. The number of amides is 2. The second kappa shape index (κ2) is 6.64. The van der Waals surface area contributed by atoms with Crippen molar-refractivity contribution in [1.82, 2.24) is 0 Å². The van der Waals surface area contributed by atoms with E-state index in [0.717, 1.165) is 17.0 Å². The lowest BCUT2D eigenvalue weighted by molar-refractivity contribution is -0.387. The lowest BCUT2D eigenvalue weighted by atomic mass is 10.1. The number of carbonyl (C=O) groups is 2. The molecule has 29 heavy (non-hydrogen) atoms. The van der Waals surface area contributed by atoms with Crippen LogP contribution in [0.25, 0.3) is 0 Å². The van der Waals surface area contributed by atoms with Gasteiger partial charge >= 0.3 is 0 Å². The van der Waals surface area contributed by atoms with Gasteiger partial charge in [0.05, 0.1) is 26.6 Å². The van der Waals surface area contributed by atoms with Crippen LogP contribution in [0.1, 0.15) is 20.7 Å². The minimum Gasteiger partial charge on any atom is -0.268 e. The Morgan fingerprint density at radius 1 is 0.793 bits per heavy atom. The van der Waals surface area contributed by atoms with Gasteiger partial charge in [-0.3, -0.25) is 19.7 Å². The number of nitrogens with zero attached hydrogens (tertiary/aromatic N) is 2. The average molecular weight is 408 g/mol. The lowest BCUT2D eigenvalue weighted by Crippen LogP contribution is -2.29. The number of sulfone groups is 1. The Labute approximate surface area is 165 Å². The Morgan fingerprint density at radius 3 is 1.90 bits per heavy atom. The monoisotopic (exact) mass is 408 g/mol. The average Bonchev–Trinajstić information content (AvgIpc) is 2.99. The molecule has 144 valence electrons. The molecule has 4 rings (SSSR count). The van der Waals surface area contributed by atoms with Crippen LogP contribution in [-0.4, -0.2) is 25.2 Å². The molecule has 1 aliphatic heterocycles. The maximum absolute atomic E-state index is 12.8. The molecule has 0 fully saturated rings. The van der Waals surface area contributed by atoms with Crippen molar-refractivity contribution in [2.24, 2.45) is 0 Å². The Kier molecular flexibility index (Phi) is 4.24. The van der Waals surface area contributed by atoms with E-state index in [2.05, 4.69) is 0 Å². The highest BCUT2D eigenvalue weighted by Crippen LogP contribution is 2.35. The van der Waals surface area contributed by atoms with E-state index in [1.54, 1.807) is 18.2 Å². The van der Waals surface area contributed by atoms with Gasteiger partial charge in [0.15, 0.2) is 0 Å². The van der Waals surface area contributed by atoms with Crippen LogP contribution in [0.4, 0.5) is 11.4 Å². The van der Waals surface area contributed by atoms with Crippen LogP contribution in [0.5, 0.6) is 0 Å². The molecule has 0 radical (unpaired) electrons. The highest BCUT2D eigenvalue weighted by atomic mass is 32.2. The molecule has 1 heterocycles. The Bertz CT molecular complexity index is 1250. The summed E-state index contributed by atoms with van der Waals surface area (Å²) in [6.07, 6.45) is 0. The van der Waals surface area contributed by atoms with Gasteiger partial charge in [0.1, 0.15) is 4.90 Å². The van der Waals surface area contributed by atoms with Crippen molar-refractivity contribution in [3.8, 4) is 0 Å². The van der Waals surface area contributed by atoms with Gasteiger partial charge in [-0.15, -0.1) is 0 Å². The minimum atomic E-state index is -4.17. The van der Waals surface area contributed by atoms with Crippen molar-refractivity contribution in [2.75, 3.05) is 4.90 Å². The molecule has 0 aromatic heterocycles. The summed E-state index contributed by atoms with van der Waals surface area (Å²) >= 11 is 0. The van der Waals surface area contributed by atoms with E-state index in [1.165, 1.54) is 42.5 Å². The van der Waals surface area contributed by atoms with Gasteiger partial charge in [0, 0.05) is 6.07 Å². The summed E-state index contributed by atoms with van der Waals surface area (Å²) in [5, 5.41) is 11.6. The second-order valence-corrected chi connectivity index (χ2v) is 8.14. The van der Waals surface area contributed by atoms with E-state index in [0.29, 0.717) is 0 Å². The highest BCUT2D eigenvalue weighted by molar-refractivity contribution is 7.91. The Morgan fingerprint density at radius 2 is 1.34 bits per heavy atom. The molecule has 0 bridgehead atoms. The maximum Gasteiger partial charge on any atom is 0.290 e. The standard InChI is InChI=1S/C20H12N2O6S/c23-19-15-8-4-5-9-16(15)20(24)21(19)13-10-11-18(17(12-13)22(25)26)29(27,28)14-6-2-1-3-7-14/h1-12H. The van der Waals surface area contributed by atoms with E-state index in [1.807, 2.05) is 0 Å². The molecular weight excluding hydrogens is 396 g/mol. The second-order valence-electron chi connectivity index (χ2n) is 6.22. The first-order valence-corrected chi connectivity index (χ1v) is 9.87. The fraction of sp³-hybridized carbons (Fsp3) is 0. The predicted octanol–water partition coefficient (Wildman–Crippen LogP) is 3.23. The van der Waals surface area contributed by atoms with Gasteiger partial charge in [-0.05, 0) is 36.4 Å². The van der Waals surface area contributed by atoms with Crippen molar-refractivity contribution in [3.05, 3.63) is 94.0 Å². The quantitative estimate of drug-likeness (QED) is 0.372. The predicted molar refractivity (Wildman–Crippen MR) is 103 cm³/mol. The van der Waals surface area contributed by atoms with Crippen LogP contribution < -0.4 is 4.90 Å². The summed E-state index contributed by atoms with van der Waals surface area (Å²) < 4.78 is 25.7. The first kappa shape index (κ1) is 18.5. The zero-order valence-electron chi connectivity index (χ0n) is 14.7. The van der Waals surface area contributed by atoms with Crippen molar-refractivity contribution in [1.29, 1.82) is 0 Å². The van der Waals surface area contributed by atoms with Gasteiger partial charge < -0.3 is 0 Å². The summed E-state index contributed by atoms with van der Waals surface area (Å²) in [6, 6.07) is 16.7. The van der Waals surface area contributed by atoms with E-state index in [9.17, 15) is 28.1 Å². The van der Waals surface area contributed by atoms with Crippen molar-refractivity contribution < 1.29 is 22.9 Å². The van der Waals surface area contributed by atoms with Crippen molar-refractivity contribution in [2.45, 2.75) is 9.79 Å². The summed E-state index contributed by atoms with van der Waals surface area (Å²) in [5.41, 5.74) is -0.430. The fourth-order valence-electron chi connectivity index (χ4n) is 3.17. The molecule has 0 atom stereocenters. The van der Waals surface area contributed by atoms with Gasteiger partial charge in [-0.25, -0.2) is 13.3 Å². The number of nitro groups is 1. The number of rotatable bonds is 4. The van der Waals surface area contributed by atoms with Crippen LogP contribution >= 0.6 is 0 Å². The number of hydrogen-bond donors (Lipinski definition) is 0. The third-order valence-corrected chi connectivity index (χ3v) is 6.35. The van der Waals surface area contributed by atoms with E-state index in [-0.39, 0.29) is 21.7 Å². The molecule has 0 saturated heterocycles. The van der Waals surface area contributed by atoms with Crippen LogP contribution in [0, 0.1) is 10.1 Å². The smallest absolute Gasteiger partial charge is 0.268 e. The van der Waals surface area contributed by atoms with Crippen LogP contribution in [0.3, 0.4) is 0 Å². The summed E-state index contributed by atoms with van der Waals surface area (Å²) in [7, 11) is -4.17. The van der Waals surface area contributed by atoms with Crippen LogP contribution in [0.15, 0.2) is 82.6 Å². The lowest BCUT2D eigenvalue weighted by Gasteiger charge is -2.15. The van der Waals surface area contributed by atoms with Crippen LogP contribution in [0.2, 0.25) is 0 Å². The molecule has 0 N–H and O–H groups in total. The molecule has 0 saturated carbocycles. The first-order valence-electron chi connectivity index (χ1n) is 8.39. The largest absolute Gasteiger partial charge is 0.290 e. The summed E-state index contributed by atoms with van der Waals surface area (Å²) in [6.45, 7) is 0. The van der Waals surface area contributed by atoms with E-state index in [4.69, 9.17) is 0 Å². The molecule has 0 unspecified atom stereocenters. The zero-order chi connectivity index (χ0) is 20.8. The minimum absolute atomic E-state index is 0.0742. The van der Waals surface area contributed by atoms with Crippen molar-refractivity contribution >= 4 is 33.0 Å². The van der Waals surface area contributed by atoms with Gasteiger partial charge in [0.2, 0.25) is 9.84 Å². The molecule has 0 spiro atoms. The number of benzene rings is 3. The van der Waals surface area contributed by atoms with Crippen molar-refractivity contribution in [3.63, 3.8) is 0 Å².